The van der Waals surface area contributed by atoms with Gasteiger partial charge in [-0.3, -0.25) is 14.9 Å². The van der Waals surface area contributed by atoms with Gasteiger partial charge in [-0.05, 0) is 19.9 Å². The standard InChI is InChI=1S/C12H13ClN4O3/c1-8(2)16(7-3-5-14)12(18)9-4-6-15-11(13)10(9)17(19)20/h4,6,8H,3,7H2,1-2H3. The lowest BCUT2D eigenvalue weighted by Gasteiger charge is -2.25. The molecular weight excluding hydrogens is 284 g/mol. The summed E-state index contributed by atoms with van der Waals surface area (Å²) in [6.45, 7) is 3.73. The molecule has 0 unspecified atom stereocenters. The van der Waals surface area contributed by atoms with Gasteiger partial charge in [0.05, 0.1) is 17.4 Å². The van der Waals surface area contributed by atoms with Crippen molar-refractivity contribution < 1.29 is 9.72 Å². The van der Waals surface area contributed by atoms with Crippen LogP contribution in [0.2, 0.25) is 5.15 Å². The maximum atomic E-state index is 12.4. The highest BCUT2D eigenvalue weighted by Gasteiger charge is 2.29. The zero-order valence-electron chi connectivity index (χ0n) is 11.0. The summed E-state index contributed by atoms with van der Waals surface area (Å²) >= 11 is 5.68. The van der Waals surface area contributed by atoms with Crippen LogP contribution in [0.15, 0.2) is 12.3 Å². The van der Waals surface area contributed by atoms with Crippen molar-refractivity contribution in [3.05, 3.63) is 33.1 Å². The molecule has 1 aromatic heterocycles. The van der Waals surface area contributed by atoms with E-state index in [1.165, 1.54) is 17.2 Å². The van der Waals surface area contributed by atoms with Crippen LogP contribution in [-0.2, 0) is 0 Å². The summed E-state index contributed by atoms with van der Waals surface area (Å²) in [5, 5.41) is 19.3. The van der Waals surface area contributed by atoms with E-state index in [1.807, 2.05) is 6.07 Å². The van der Waals surface area contributed by atoms with Gasteiger partial charge in [-0.15, -0.1) is 0 Å². The van der Waals surface area contributed by atoms with Crippen molar-refractivity contribution in [2.75, 3.05) is 6.54 Å². The molecule has 1 amide bonds. The predicted molar refractivity (Wildman–Crippen MR) is 72.3 cm³/mol. The van der Waals surface area contributed by atoms with Crippen LogP contribution in [0.1, 0.15) is 30.6 Å². The average Bonchev–Trinajstić information content (AvgIpc) is 2.37. The highest BCUT2D eigenvalue weighted by atomic mass is 35.5. The number of aromatic nitrogens is 1. The van der Waals surface area contributed by atoms with Gasteiger partial charge in [0.25, 0.3) is 5.91 Å². The van der Waals surface area contributed by atoms with Crippen LogP contribution in [0.25, 0.3) is 0 Å². The number of rotatable bonds is 5. The summed E-state index contributed by atoms with van der Waals surface area (Å²) in [4.78, 5) is 27.7. The number of pyridine rings is 1. The third-order valence-corrected chi connectivity index (χ3v) is 2.92. The first-order chi connectivity index (χ1) is 9.40. The minimum absolute atomic E-state index is 0.123. The minimum atomic E-state index is -0.731. The second kappa shape index (κ2) is 6.82. The lowest BCUT2D eigenvalue weighted by molar-refractivity contribution is -0.385. The van der Waals surface area contributed by atoms with E-state index in [2.05, 4.69) is 4.98 Å². The third kappa shape index (κ3) is 3.42. The van der Waals surface area contributed by atoms with Crippen molar-refractivity contribution in [1.82, 2.24) is 9.88 Å². The first-order valence-corrected chi connectivity index (χ1v) is 6.24. The predicted octanol–water partition coefficient (Wildman–Crippen LogP) is 2.41. The molecule has 7 nitrogen and oxygen atoms in total. The third-order valence-electron chi connectivity index (χ3n) is 2.64. The molecule has 0 aromatic carbocycles. The van der Waals surface area contributed by atoms with Crippen LogP contribution in [0.3, 0.4) is 0 Å². The zero-order valence-corrected chi connectivity index (χ0v) is 11.8. The average molecular weight is 297 g/mol. The molecule has 8 heteroatoms. The van der Waals surface area contributed by atoms with Gasteiger partial charge in [0.1, 0.15) is 5.56 Å². The Balaban J connectivity index is 3.22. The van der Waals surface area contributed by atoms with Crippen molar-refractivity contribution >= 4 is 23.2 Å². The molecule has 0 bridgehead atoms. The topological polar surface area (TPSA) is 100 Å². The number of carbonyl (C=O) groups excluding carboxylic acids is 1. The van der Waals surface area contributed by atoms with E-state index < -0.39 is 16.5 Å². The number of hydrogen-bond acceptors (Lipinski definition) is 5. The monoisotopic (exact) mass is 296 g/mol. The first-order valence-electron chi connectivity index (χ1n) is 5.87. The van der Waals surface area contributed by atoms with Gasteiger partial charge in [0.2, 0.25) is 5.15 Å². The van der Waals surface area contributed by atoms with E-state index in [9.17, 15) is 14.9 Å². The van der Waals surface area contributed by atoms with Crippen molar-refractivity contribution in [2.45, 2.75) is 26.3 Å². The fourth-order valence-corrected chi connectivity index (χ4v) is 1.92. The first kappa shape index (κ1) is 15.9. The van der Waals surface area contributed by atoms with Gasteiger partial charge in [-0.1, -0.05) is 11.6 Å². The van der Waals surface area contributed by atoms with Crippen LogP contribution >= 0.6 is 11.6 Å². The van der Waals surface area contributed by atoms with Gasteiger partial charge >= 0.3 is 5.69 Å². The number of nitriles is 1. The molecule has 0 aliphatic carbocycles. The molecule has 1 rings (SSSR count). The lowest BCUT2D eigenvalue weighted by atomic mass is 10.1. The molecule has 0 fully saturated rings. The van der Waals surface area contributed by atoms with E-state index in [0.717, 1.165) is 0 Å². The number of amides is 1. The molecule has 0 aliphatic rings. The Morgan fingerprint density at radius 1 is 1.65 bits per heavy atom. The fourth-order valence-electron chi connectivity index (χ4n) is 1.69. The molecule has 1 aromatic rings. The number of nitrogens with zero attached hydrogens (tertiary/aromatic N) is 4. The molecule has 0 radical (unpaired) electrons. The Hall–Kier alpha value is -2.20. The number of hydrogen-bond donors (Lipinski definition) is 0. The Kier molecular flexibility index (Phi) is 5.41. The van der Waals surface area contributed by atoms with Gasteiger partial charge in [-0.25, -0.2) is 4.98 Å². The summed E-state index contributed by atoms with van der Waals surface area (Å²) < 4.78 is 0. The molecule has 0 saturated carbocycles. The number of halogens is 1. The van der Waals surface area contributed by atoms with Crippen LogP contribution in [0.5, 0.6) is 0 Å². The van der Waals surface area contributed by atoms with Crippen molar-refractivity contribution in [1.29, 1.82) is 5.26 Å². The smallest absolute Gasteiger partial charge is 0.319 e. The highest BCUT2D eigenvalue weighted by molar-refractivity contribution is 6.32. The van der Waals surface area contributed by atoms with E-state index in [4.69, 9.17) is 16.9 Å². The van der Waals surface area contributed by atoms with Gasteiger partial charge < -0.3 is 4.90 Å². The van der Waals surface area contributed by atoms with Crippen molar-refractivity contribution in [3.63, 3.8) is 0 Å². The van der Waals surface area contributed by atoms with E-state index in [-0.39, 0.29) is 29.7 Å². The zero-order chi connectivity index (χ0) is 15.3. The summed E-state index contributed by atoms with van der Waals surface area (Å²) in [5.74, 6) is -0.536. The van der Waals surface area contributed by atoms with Gasteiger partial charge in [-0.2, -0.15) is 5.26 Å². The van der Waals surface area contributed by atoms with E-state index >= 15 is 0 Å². The largest absolute Gasteiger partial charge is 0.335 e. The highest BCUT2D eigenvalue weighted by Crippen LogP contribution is 2.27. The summed E-state index contributed by atoms with van der Waals surface area (Å²) in [6, 6.07) is 3.01. The second-order valence-electron chi connectivity index (χ2n) is 4.26. The maximum Gasteiger partial charge on any atom is 0.319 e. The van der Waals surface area contributed by atoms with E-state index in [0.29, 0.717) is 0 Å². The molecular formula is C12H13ClN4O3. The molecule has 20 heavy (non-hydrogen) atoms. The quantitative estimate of drug-likeness (QED) is 0.472. The van der Waals surface area contributed by atoms with Crippen LogP contribution in [0, 0.1) is 21.4 Å². The molecule has 0 aliphatic heterocycles. The van der Waals surface area contributed by atoms with Gasteiger partial charge in [0, 0.05) is 18.8 Å². The fraction of sp³-hybridized carbons (Fsp3) is 0.417. The maximum absolute atomic E-state index is 12.4. The van der Waals surface area contributed by atoms with Gasteiger partial charge in [0.15, 0.2) is 0 Å². The Morgan fingerprint density at radius 3 is 2.80 bits per heavy atom. The normalized spacial score (nSPS) is 10.2. The second-order valence-corrected chi connectivity index (χ2v) is 4.61. The SMILES string of the molecule is CC(C)N(CCC#N)C(=O)c1ccnc(Cl)c1[N+](=O)[O-]. The molecule has 0 N–H and O–H groups in total. The Labute approximate surface area is 120 Å². The molecule has 0 saturated heterocycles. The lowest BCUT2D eigenvalue weighted by Crippen LogP contribution is -2.38. The molecule has 0 spiro atoms. The number of carbonyl (C=O) groups is 1. The van der Waals surface area contributed by atoms with E-state index in [1.54, 1.807) is 13.8 Å². The van der Waals surface area contributed by atoms with Crippen LogP contribution in [0.4, 0.5) is 5.69 Å². The van der Waals surface area contributed by atoms with Crippen LogP contribution in [-0.4, -0.2) is 33.3 Å². The Morgan fingerprint density at radius 2 is 2.30 bits per heavy atom. The summed E-state index contributed by atoms with van der Waals surface area (Å²) in [5.41, 5.74) is -0.636. The Bertz CT molecular complexity index is 568. The minimum Gasteiger partial charge on any atom is -0.335 e. The molecule has 1 heterocycles. The molecule has 106 valence electrons. The summed E-state index contributed by atoms with van der Waals surface area (Å²) in [7, 11) is 0. The van der Waals surface area contributed by atoms with Crippen molar-refractivity contribution in [3.8, 4) is 6.07 Å². The van der Waals surface area contributed by atoms with Crippen LogP contribution < -0.4 is 0 Å². The van der Waals surface area contributed by atoms with Crippen molar-refractivity contribution in [2.24, 2.45) is 0 Å². The molecule has 0 atom stereocenters. The number of nitro groups is 1. The summed E-state index contributed by atoms with van der Waals surface area (Å²) in [6.07, 6.45) is 1.39.